The summed E-state index contributed by atoms with van der Waals surface area (Å²) in [5.41, 5.74) is 1.18. The molecular weight excluding hydrogens is 242 g/mol. The van der Waals surface area contributed by atoms with Gasteiger partial charge >= 0.3 is 0 Å². The van der Waals surface area contributed by atoms with Gasteiger partial charge in [-0.05, 0) is 61.2 Å². The van der Waals surface area contributed by atoms with Crippen LogP contribution in [-0.4, -0.2) is 28.6 Å². The monoisotopic (exact) mass is 265 g/mol. The third-order valence-electron chi connectivity index (χ3n) is 4.82. The number of hydrogen-bond acceptors (Lipinski definition) is 3. The molecule has 1 aliphatic heterocycles. The van der Waals surface area contributed by atoms with Crippen LogP contribution in [0.25, 0.3) is 0 Å². The van der Waals surface area contributed by atoms with E-state index in [0.717, 1.165) is 5.56 Å². The molecule has 2 aliphatic rings. The van der Waals surface area contributed by atoms with Gasteiger partial charge in [-0.15, -0.1) is 0 Å². The van der Waals surface area contributed by atoms with Crippen molar-refractivity contribution in [1.82, 2.24) is 4.90 Å². The van der Waals surface area contributed by atoms with Gasteiger partial charge in [0.1, 0.15) is 0 Å². The van der Waals surface area contributed by atoms with Crippen LogP contribution in [0.15, 0.2) is 16.8 Å². The molecule has 2 nitrogen and oxygen atoms in total. The molecule has 0 amide bonds. The Morgan fingerprint density at radius 1 is 1.11 bits per heavy atom. The average molecular weight is 265 g/mol. The van der Waals surface area contributed by atoms with Gasteiger partial charge in [-0.3, -0.25) is 4.90 Å². The van der Waals surface area contributed by atoms with E-state index in [4.69, 9.17) is 0 Å². The number of nitrogens with zero attached hydrogens (tertiary/aromatic N) is 1. The predicted octanol–water partition coefficient (Wildman–Crippen LogP) is 3.58. The molecule has 0 radical (unpaired) electrons. The van der Waals surface area contributed by atoms with Crippen LogP contribution in [0.2, 0.25) is 0 Å². The quantitative estimate of drug-likeness (QED) is 0.903. The van der Waals surface area contributed by atoms with Gasteiger partial charge in [0.05, 0.1) is 11.6 Å². The van der Waals surface area contributed by atoms with Crippen LogP contribution in [0.4, 0.5) is 0 Å². The smallest absolute Gasteiger partial charge is 0.0981 e. The Bertz CT molecular complexity index is 364. The van der Waals surface area contributed by atoms with Gasteiger partial charge < -0.3 is 5.11 Å². The molecule has 1 saturated heterocycles. The summed E-state index contributed by atoms with van der Waals surface area (Å²) in [5.74, 6) is 0. The van der Waals surface area contributed by atoms with Crippen molar-refractivity contribution >= 4 is 11.3 Å². The van der Waals surface area contributed by atoms with E-state index in [1.165, 1.54) is 58.0 Å². The van der Waals surface area contributed by atoms with Crippen molar-refractivity contribution in [2.45, 2.75) is 56.6 Å². The fourth-order valence-electron chi connectivity index (χ4n) is 3.83. The summed E-state index contributed by atoms with van der Waals surface area (Å²) in [4.78, 5) is 2.60. The maximum atomic E-state index is 10.9. The second kappa shape index (κ2) is 5.32. The molecule has 1 atom stereocenters. The molecule has 0 bridgehead atoms. The largest absolute Gasteiger partial charge is 0.386 e. The SMILES string of the molecule is OC(c1ccsc1)C1(N2CCCCC2)CCCC1. The van der Waals surface area contributed by atoms with Gasteiger partial charge in [-0.25, -0.2) is 0 Å². The molecule has 0 aromatic carbocycles. The van der Waals surface area contributed by atoms with E-state index >= 15 is 0 Å². The van der Waals surface area contributed by atoms with Crippen molar-refractivity contribution in [3.8, 4) is 0 Å². The van der Waals surface area contributed by atoms with Crippen LogP contribution in [0.5, 0.6) is 0 Å². The highest BCUT2D eigenvalue weighted by molar-refractivity contribution is 7.07. The van der Waals surface area contributed by atoms with E-state index < -0.39 is 0 Å². The fourth-order valence-corrected chi connectivity index (χ4v) is 4.51. The minimum absolute atomic E-state index is 0.0431. The highest BCUT2D eigenvalue weighted by Gasteiger charge is 2.46. The second-order valence-corrected chi connectivity index (χ2v) is 6.60. The van der Waals surface area contributed by atoms with Crippen LogP contribution >= 0.6 is 11.3 Å². The number of rotatable bonds is 3. The third kappa shape index (κ3) is 2.13. The third-order valence-corrected chi connectivity index (χ3v) is 5.52. The Hall–Kier alpha value is -0.380. The first-order valence-electron chi connectivity index (χ1n) is 7.28. The molecule has 2 heterocycles. The summed E-state index contributed by atoms with van der Waals surface area (Å²) in [6.07, 6.45) is 8.57. The number of hydrogen-bond donors (Lipinski definition) is 1. The van der Waals surface area contributed by atoms with E-state index in [1.807, 2.05) is 0 Å². The Labute approximate surface area is 114 Å². The molecule has 3 rings (SSSR count). The molecule has 1 saturated carbocycles. The first kappa shape index (κ1) is 12.6. The summed E-state index contributed by atoms with van der Waals surface area (Å²) >= 11 is 1.69. The van der Waals surface area contributed by atoms with Gasteiger partial charge in [-0.1, -0.05) is 19.3 Å². The van der Waals surface area contributed by atoms with E-state index in [-0.39, 0.29) is 11.6 Å². The van der Waals surface area contributed by atoms with Crippen LogP contribution < -0.4 is 0 Å². The van der Waals surface area contributed by atoms with Gasteiger partial charge in [0.2, 0.25) is 0 Å². The van der Waals surface area contributed by atoms with E-state index in [0.29, 0.717) is 0 Å². The number of likely N-dealkylation sites (tertiary alicyclic amines) is 1. The molecule has 1 N–H and O–H groups in total. The number of thiophene rings is 1. The van der Waals surface area contributed by atoms with Crippen LogP contribution in [-0.2, 0) is 0 Å². The summed E-state index contributed by atoms with van der Waals surface area (Å²) in [6.45, 7) is 2.36. The Morgan fingerprint density at radius 3 is 2.44 bits per heavy atom. The zero-order valence-electron chi connectivity index (χ0n) is 11.0. The maximum absolute atomic E-state index is 10.9. The summed E-state index contributed by atoms with van der Waals surface area (Å²) in [5, 5.41) is 15.1. The van der Waals surface area contributed by atoms with Crippen LogP contribution in [0.3, 0.4) is 0 Å². The number of aliphatic hydroxyl groups is 1. The highest BCUT2D eigenvalue weighted by atomic mass is 32.1. The molecule has 0 spiro atoms. The Kier molecular flexibility index (Phi) is 3.73. The molecule has 3 heteroatoms. The Morgan fingerprint density at radius 2 is 1.83 bits per heavy atom. The topological polar surface area (TPSA) is 23.5 Å². The van der Waals surface area contributed by atoms with E-state index in [9.17, 15) is 5.11 Å². The average Bonchev–Trinajstić information content (AvgIpc) is 3.11. The van der Waals surface area contributed by atoms with Crippen LogP contribution in [0.1, 0.15) is 56.6 Å². The van der Waals surface area contributed by atoms with Crippen molar-refractivity contribution in [3.63, 3.8) is 0 Å². The molecule has 1 aromatic rings. The lowest BCUT2D eigenvalue weighted by molar-refractivity contribution is -0.0403. The standard InChI is InChI=1S/C15H23NOS/c17-14(13-6-11-18-12-13)15(7-2-3-8-15)16-9-4-1-5-10-16/h6,11-12,14,17H,1-5,7-10H2. The lowest BCUT2D eigenvalue weighted by atomic mass is 9.83. The predicted molar refractivity (Wildman–Crippen MR) is 75.9 cm³/mol. The first-order valence-corrected chi connectivity index (χ1v) is 8.22. The zero-order valence-corrected chi connectivity index (χ0v) is 11.8. The summed E-state index contributed by atoms with van der Waals surface area (Å²) < 4.78 is 0. The molecule has 100 valence electrons. The lowest BCUT2D eigenvalue weighted by Crippen LogP contribution is -2.53. The lowest BCUT2D eigenvalue weighted by Gasteiger charge is -2.46. The molecular formula is C15H23NOS. The van der Waals surface area contributed by atoms with E-state index in [2.05, 4.69) is 21.7 Å². The van der Waals surface area contributed by atoms with Gasteiger partial charge in [0, 0.05) is 0 Å². The normalized spacial score (nSPS) is 26.3. The first-order chi connectivity index (χ1) is 8.83. The van der Waals surface area contributed by atoms with Crippen molar-refractivity contribution in [1.29, 1.82) is 0 Å². The van der Waals surface area contributed by atoms with Crippen molar-refractivity contribution in [2.24, 2.45) is 0 Å². The van der Waals surface area contributed by atoms with Gasteiger partial charge in [0.25, 0.3) is 0 Å². The minimum atomic E-state index is -0.288. The van der Waals surface area contributed by atoms with Crippen molar-refractivity contribution < 1.29 is 5.11 Å². The van der Waals surface area contributed by atoms with Crippen molar-refractivity contribution in [2.75, 3.05) is 13.1 Å². The van der Waals surface area contributed by atoms with E-state index in [1.54, 1.807) is 11.3 Å². The highest BCUT2D eigenvalue weighted by Crippen LogP contribution is 2.45. The van der Waals surface area contributed by atoms with Crippen LogP contribution in [0, 0.1) is 0 Å². The summed E-state index contributed by atoms with van der Waals surface area (Å²) in [7, 11) is 0. The van der Waals surface area contributed by atoms with Gasteiger partial charge in [0.15, 0.2) is 0 Å². The molecule has 1 unspecified atom stereocenters. The molecule has 1 aromatic heterocycles. The minimum Gasteiger partial charge on any atom is -0.386 e. The second-order valence-electron chi connectivity index (χ2n) is 5.82. The molecule has 18 heavy (non-hydrogen) atoms. The summed E-state index contributed by atoms with van der Waals surface area (Å²) in [6, 6.07) is 2.10. The Balaban J connectivity index is 1.86. The molecule has 2 fully saturated rings. The molecule has 1 aliphatic carbocycles. The maximum Gasteiger partial charge on any atom is 0.0981 e. The van der Waals surface area contributed by atoms with Crippen molar-refractivity contribution in [3.05, 3.63) is 22.4 Å². The number of aliphatic hydroxyl groups excluding tert-OH is 1. The fraction of sp³-hybridized carbons (Fsp3) is 0.733. The zero-order chi connectivity index (χ0) is 12.4. The number of piperidine rings is 1. The van der Waals surface area contributed by atoms with Gasteiger partial charge in [-0.2, -0.15) is 11.3 Å².